The molecule has 0 amide bonds. The van der Waals surface area contributed by atoms with E-state index < -0.39 is 0 Å². The second-order valence-corrected chi connectivity index (χ2v) is 1.44. The molecule has 0 aliphatic rings. The average molecular weight is 278 g/mol. The van der Waals surface area contributed by atoms with E-state index in [9.17, 15) is 0 Å². The molecule has 4 heteroatoms. The first-order valence-electron chi connectivity index (χ1n) is 1.35. The van der Waals surface area contributed by atoms with Crippen molar-refractivity contribution in [3.05, 3.63) is 0 Å². The summed E-state index contributed by atoms with van der Waals surface area (Å²) in [5.74, 6) is 0.788. The van der Waals surface area contributed by atoms with Gasteiger partial charge in [-0.15, -0.1) is 0 Å². The van der Waals surface area contributed by atoms with Gasteiger partial charge < -0.3 is 0 Å². The van der Waals surface area contributed by atoms with E-state index in [1.54, 1.807) is 0 Å². The summed E-state index contributed by atoms with van der Waals surface area (Å²) in [5.41, 5.74) is 0. The molecule has 0 rings (SSSR count). The number of hydrogen-bond acceptors (Lipinski definition) is 3. The molecule has 0 spiro atoms. The summed E-state index contributed by atoms with van der Waals surface area (Å²) in [6.45, 7) is 1.89. The van der Waals surface area contributed by atoms with Gasteiger partial charge in [-0.2, -0.15) is 4.33 Å². The molecule has 0 aromatic heterocycles. The van der Waals surface area contributed by atoms with Gasteiger partial charge in [-0.1, -0.05) is 6.92 Å². The Morgan fingerprint density at radius 1 is 1.83 bits per heavy atom. The van der Waals surface area contributed by atoms with Gasteiger partial charge in [0.2, 0.25) is 0 Å². The Kier molecular flexibility index (Phi) is 15.7. The molecule has 6 heavy (non-hydrogen) atoms. The van der Waals surface area contributed by atoms with Crippen molar-refractivity contribution in [2.24, 2.45) is 0 Å². The van der Waals surface area contributed by atoms with Gasteiger partial charge in [-0.3, -0.25) is 0 Å². The van der Waals surface area contributed by atoms with Crippen molar-refractivity contribution in [1.29, 1.82) is 0 Å². The molecule has 0 fully saturated rings. The van der Waals surface area contributed by atoms with Crippen molar-refractivity contribution in [2.75, 3.05) is 5.75 Å². The predicted octanol–water partition coefficient (Wildman–Crippen LogP) is 1.14. The fraction of sp³-hybridized carbons (Fsp3) is 1.00. The summed E-state index contributed by atoms with van der Waals surface area (Å²) in [6, 6.07) is 0. The Morgan fingerprint density at radius 3 is 2.33 bits per heavy atom. The van der Waals surface area contributed by atoms with Crippen LogP contribution >= 0.6 is 12.0 Å². The van der Waals surface area contributed by atoms with E-state index >= 15 is 0 Å². The third-order valence-corrected chi connectivity index (χ3v) is 0.512. The largest absolute Gasteiger partial charge is 0.239 e. The van der Waals surface area contributed by atoms with Crippen LogP contribution < -0.4 is 0 Å². The molecule has 0 bridgehead atoms. The zero-order valence-corrected chi connectivity index (χ0v) is 7.13. The molecule has 0 aromatic carbocycles. The van der Waals surface area contributed by atoms with Crippen LogP contribution in [0, 0.1) is 0 Å². The molecular weight excluding hydrogens is 272 g/mol. The van der Waals surface area contributed by atoms with Crippen molar-refractivity contribution in [2.45, 2.75) is 6.92 Å². The smallest absolute Gasteiger partial charge is 0.0308 e. The SMILES string of the molecule is CCSOO.[W]. The summed E-state index contributed by atoms with van der Waals surface area (Å²) >= 11 is 1.02. The molecule has 0 saturated heterocycles. The van der Waals surface area contributed by atoms with Crippen molar-refractivity contribution in [1.82, 2.24) is 0 Å². The normalized spacial score (nSPS) is 7.00. The summed E-state index contributed by atoms with van der Waals surface area (Å²) in [4.78, 5) is 0. The number of rotatable bonds is 2. The molecular formula is C2H6O2SW. The van der Waals surface area contributed by atoms with Gasteiger partial charge in [0.15, 0.2) is 0 Å². The molecule has 38 valence electrons. The third-order valence-electron chi connectivity index (χ3n) is 0.171. The van der Waals surface area contributed by atoms with E-state index in [0.717, 1.165) is 17.8 Å². The van der Waals surface area contributed by atoms with Crippen LogP contribution in [0.3, 0.4) is 0 Å². The summed E-state index contributed by atoms with van der Waals surface area (Å²) in [7, 11) is 0. The van der Waals surface area contributed by atoms with E-state index in [4.69, 9.17) is 5.26 Å². The standard InChI is InChI=1S/C2H6O2S.W/c1-2-5-4-3;/h3H,2H2,1H3;. The van der Waals surface area contributed by atoms with Crippen LogP contribution in [0.2, 0.25) is 0 Å². The van der Waals surface area contributed by atoms with Crippen molar-refractivity contribution in [3.63, 3.8) is 0 Å². The summed E-state index contributed by atoms with van der Waals surface area (Å²) < 4.78 is 3.61. The molecule has 1 N–H and O–H groups in total. The zero-order valence-electron chi connectivity index (χ0n) is 3.38. The Bertz CT molecular complexity index is 19.0. The quantitative estimate of drug-likeness (QED) is 0.466. The van der Waals surface area contributed by atoms with E-state index in [1.165, 1.54) is 0 Å². The zero-order chi connectivity index (χ0) is 4.12. The van der Waals surface area contributed by atoms with Crippen LogP contribution in [-0.2, 0) is 25.4 Å². The van der Waals surface area contributed by atoms with Crippen LogP contribution in [0.5, 0.6) is 0 Å². The average Bonchev–Trinajstić information content (AvgIpc) is 1.41. The first kappa shape index (κ1) is 10.0. The van der Waals surface area contributed by atoms with Gasteiger partial charge in [0.25, 0.3) is 0 Å². The van der Waals surface area contributed by atoms with E-state index in [2.05, 4.69) is 4.33 Å². The summed E-state index contributed by atoms with van der Waals surface area (Å²) in [5, 5.41) is 7.53. The van der Waals surface area contributed by atoms with Gasteiger partial charge >= 0.3 is 0 Å². The fourth-order valence-corrected chi connectivity index (χ4v) is 0.158. The van der Waals surface area contributed by atoms with E-state index in [1.807, 2.05) is 6.92 Å². The van der Waals surface area contributed by atoms with E-state index in [0.29, 0.717) is 0 Å². The molecule has 0 radical (unpaired) electrons. The van der Waals surface area contributed by atoms with Crippen molar-refractivity contribution < 1.29 is 30.7 Å². The molecule has 0 atom stereocenters. The summed E-state index contributed by atoms with van der Waals surface area (Å²) in [6.07, 6.45) is 0. The van der Waals surface area contributed by atoms with Gasteiger partial charge in [-0.25, -0.2) is 5.26 Å². The molecule has 0 unspecified atom stereocenters. The van der Waals surface area contributed by atoms with Gasteiger partial charge in [0.05, 0.1) is 0 Å². The maximum Gasteiger partial charge on any atom is 0.0308 e. The second kappa shape index (κ2) is 9.35. The van der Waals surface area contributed by atoms with Gasteiger partial charge in [0, 0.05) is 38.9 Å². The topological polar surface area (TPSA) is 29.5 Å². The van der Waals surface area contributed by atoms with Crippen LogP contribution in [0.15, 0.2) is 0 Å². The van der Waals surface area contributed by atoms with Crippen molar-refractivity contribution >= 4 is 12.0 Å². The number of hydrogen-bond donors (Lipinski definition) is 1. The Hall–Kier alpha value is 0.958. The van der Waals surface area contributed by atoms with Gasteiger partial charge in [-0.05, 0) is 0 Å². The molecule has 0 aliphatic carbocycles. The molecule has 0 aromatic rings. The van der Waals surface area contributed by atoms with E-state index in [-0.39, 0.29) is 21.1 Å². The third kappa shape index (κ3) is 8.88. The minimum Gasteiger partial charge on any atom is -0.239 e. The van der Waals surface area contributed by atoms with Gasteiger partial charge in [0.1, 0.15) is 0 Å². The minimum atomic E-state index is 0. The molecule has 2 nitrogen and oxygen atoms in total. The second-order valence-electron chi connectivity index (χ2n) is 0.481. The molecule has 0 heterocycles. The molecule has 0 saturated carbocycles. The van der Waals surface area contributed by atoms with Crippen molar-refractivity contribution in [3.8, 4) is 0 Å². The van der Waals surface area contributed by atoms with Crippen LogP contribution in [-0.4, -0.2) is 11.0 Å². The Morgan fingerprint density at radius 2 is 2.33 bits per heavy atom. The predicted molar refractivity (Wildman–Crippen MR) is 21.8 cm³/mol. The Balaban J connectivity index is 0. The maximum atomic E-state index is 7.53. The monoisotopic (exact) mass is 278 g/mol. The fourth-order valence-electron chi connectivity index (χ4n) is 0.0527. The first-order chi connectivity index (χ1) is 2.41. The minimum absolute atomic E-state index is 0. The van der Waals surface area contributed by atoms with Crippen LogP contribution in [0.4, 0.5) is 0 Å². The van der Waals surface area contributed by atoms with Crippen LogP contribution in [0.25, 0.3) is 0 Å². The maximum absolute atomic E-state index is 7.53. The Labute approximate surface area is 55.7 Å². The van der Waals surface area contributed by atoms with Crippen LogP contribution in [0.1, 0.15) is 6.92 Å². The first-order valence-corrected chi connectivity index (χ1v) is 2.26. The molecule has 0 aliphatic heterocycles.